The molecule has 0 amide bonds. The number of carbonyl (C=O) groups excluding carboxylic acids is 1. The monoisotopic (exact) mass is 242 g/mol. The van der Waals surface area contributed by atoms with Gasteiger partial charge in [0.25, 0.3) is 0 Å². The maximum atomic E-state index is 12.2. The van der Waals surface area contributed by atoms with Gasteiger partial charge in [0.1, 0.15) is 0 Å². The van der Waals surface area contributed by atoms with Crippen LogP contribution in [0.1, 0.15) is 43.7 Å². The number of esters is 1. The molecular formula is C16H18O2. The van der Waals surface area contributed by atoms with E-state index in [4.69, 9.17) is 4.74 Å². The van der Waals surface area contributed by atoms with E-state index in [0.29, 0.717) is 6.61 Å². The average Bonchev–Trinajstić information content (AvgIpc) is 3.07. The molecule has 1 unspecified atom stereocenters. The molecule has 0 bridgehead atoms. The number of allylic oxidation sites excluding steroid dienone is 1. The summed E-state index contributed by atoms with van der Waals surface area (Å²) in [6, 6.07) is 8.38. The van der Waals surface area contributed by atoms with E-state index in [9.17, 15) is 4.79 Å². The van der Waals surface area contributed by atoms with Gasteiger partial charge >= 0.3 is 5.97 Å². The van der Waals surface area contributed by atoms with Gasteiger partial charge in [0, 0.05) is 5.92 Å². The van der Waals surface area contributed by atoms with Crippen LogP contribution in [-0.4, -0.2) is 12.6 Å². The normalized spacial score (nSPS) is 23.2. The van der Waals surface area contributed by atoms with Gasteiger partial charge in [-0.25, -0.2) is 0 Å². The Kier molecular flexibility index (Phi) is 2.54. The molecule has 1 aromatic rings. The largest absolute Gasteiger partial charge is 0.466 e. The molecule has 0 aromatic heterocycles. The highest BCUT2D eigenvalue weighted by Gasteiger charge is 2.58. The lowest BCUT2D eigenvalue weighted by Crippen LogP contribution is -2.26. The first-order valence-corrected chi connectivity index (χ1v) is 6.63. The molecular weight excluding hydrogens is 224 g/mol. The molecule has 1 fully saturated rings. The molecule has 1 aromatic carbocycles. The summed E-state index contributed by atoms with van der Waals surface area (Å²) < 4.78 is 5.28. The van der Waals surface area contributed by atoms with Crippen molar-refractivity contribution in [1.29, 1.82) is 0 Å². The van der Waals surface area contributed by atoms with E-state index in [1.807, 2.05) is 6.92 Å². The Labute approximate surface area is 108 Å². The minimum atomic E-state index is -0.275. The van der Waals surface area contributed by atoms with Gasteiger partial charge in [0.2, 0.25) is 0 Å². The third-order valence-electron chi connectivity index (χ3n) is 4.17. The van der Waals surface area contributed by atoms with Crippen molar-refractivity contribution in [3.8, 4) is 0 Å². The van der Waals surface area contributed by atoms with Gasteiger partial charge in [-0.05, 0) is 37.8 Å². The van der Waals surface area contributed by atoms with Crippen LogP contribution in [0.5, 0.6) is 0 Å². The quantitative estimate of drug-likeness (QED) is 0.758. The second-order valence-corrected chi connectivity index (χ2v) is 5.33. The molecule has 0 radical (unpaired) electrons. The van der Waals surface area contributed by atoms with Gasteiger partial charge in [-0.1, -0.05) is 35.9 Å². The molecule has 0 saturated heterocycles. The highest BCUT2D eigenvalue weighted by molar-refractivity contribution is 5.84. The fourth-order valence-corrected chi connectivity index (χ4v) is 3.23. The maximum absolute atomic E-state index is 12.2. The first-order chi connectivity index (χ1) is 8.69. The van der Waals surface area contributed by atoms with Crippen LogP contribution in [0.2, 0.25) is 0 Å². The number of ether oxygens (including phenoxy) is 1. The highest BCUT2D eigenvalue weighted by Crippen LogP contribution is 2.61. The average molecular weight is 242 g/mol. The van der Waals surface area contributed by atoms with Crippen LogP contribution < -0.4 is 0 Å². The second kappa shape index (κ2) is 3.98. The predicted molar refractivity (Wildman–Crippen MR) is 71.1 cm³/mol. The van der Waals surface area contributed by atoms with Gasteiger partial charge in [0.15, 0.2) is 0 Å². The van der Waals surface area contributed by atoms with E-state index in [1.165, 1.54) is 16.7 Å². The smallest absolute Gasteiger partial charge is 0.313 e. The minimum Gasteiger partial charge on any atom is -0.466 e. The second-order valence-electron chi connectivity index (χ2n) is 5.33. The van der Waals surface area contributed by atoms with Crippen LogP contribution in [0.3, 0.4) is 0 Å². The third-order valence-corrected chi connectivity index (χ3v) is 4.17. The van der Waals surface area contributed by atoms with Crippen molar-refractivity contribution in [1.82, 2.24) is 0 Å². The Balaban J connectivity index is 1.99. The highest BCUT2D eigenvalue weighted by atomic mass is 16.5. The number of hydrogen-bond donors (Lipinski definition) is 0. The lowest BCUT2D eigenvalue weighted by Gasteiger charge is -2.24. The summed E-state index contributed by atoms with van der Waals surface area (Å²) >= 11 is 0. The Bertz CT molecular complexity index is 524. The van der Waals surface area contributed by atoms with E-state index in [-0.39, 0.29) is 17.3 Å². The standard InChI is InChI=1S/C16H18O2/c1-3-18-15(17)16(8-9-16)14-11(2)10-12-6-4-5-7-13(12)14/h4-7,10,14H,3,8-9H2,1-2H3. The van der Waals surface area contributed by atoms with E-state index in [0.717, 1.165) is 12.8 Å². The summed E-state index contributed by atoms with van der Waals surface area (Å²) in [7, 11) is 0. The molecule has 2 heteroatoms. The van der Waals surface area contributed by atoms with Crippen molar-refractivity contribution >= 4 is 12.0 Å². The number of carbonyl (C=O) groups is 1. The fraction of sp³-hybridized carbons (Fsp3) is 0.438. The van der Waals surface area contributed by atoms with Crippen molar-refractivity contribution in [2.45, 2.75) is 32.6 Å². The van der Waals surface area contributed by atoms with E-state index in [2.05, 4.69) is 37.3 Å². The van der Waals surface area contributed by atoms with Gasteiger partial charge in [-0.2, -0.15) is 0 Å². The van der Waals surface area contributed by atoms with E-state index >= 15 is 0 Å². The molecule has 0 aliphatic heterocycles. The molecule has 0 spiro atoms. The summed E-state index contributed by atoms with van der Waals surface area (Å²) in [6.45, 7) is 4.47. The molecule has 0 N–H and O–H groups in total. The Morgan fingerprint density at radius 2 is 2.11 bits per heavy atom. The van der Waals surface area contributed by atoms with Crippen molar-refractivity contribution in [3.63, 3.8) is 0 Å². The topological polar surface area (TPSA) is 26.3 Å². The Morgan fingerprint density at radius 1 is 1.39 bits per heavy atom. The molecule has 3 rings (SSSR count). The predicted octanol–water partition coefficient (Wildman–Crippen LogP) is 3.53. The zero-order chi connectivity index (χ0) is 12.8. The lowest BCUT2D eigenvalue weighted by molar-refractivity contribution is -0.150. The number of rotatable bonds is 3. The number of fused-ring (bicyclic) bond motifs is 1. The number of benzene rings is 1. The molecule has 1 atom stereocenters. The summed E-state index contributed by atoms with van der Waals surface area (Å²) in [5, 5.41) is 0. The Morgan fingerprint density at radius 3 is 2.78 bits per heavy atom. The Hall–Kier alpha value is -1.57. The molecule has 1 saturated carbocycles. The van der Waals surface area contributed by atoms with Crippen molar-refractivity contribution < 1.29 is 9.53 Å². The molecule has 2 nitrogen and oxygen atoms in total. The van der Waals surface area contributed by atoms with Crippen LogP contribution in [0.15, 0.2) is 29.8 Å². The van der Waals surface area contributed by atoms with Gasteiger partial charge in [-0.15, -0.1) is 0 Å². The minimum absolute atomic E-state index is 0.0144. The van der Waals surface area contributed by atoms with Crippen molar-refractivity contribution in [2.75, 3.05) is 6.61 Å². The zero-order valence-electron chi connectivity index (χ0n) is 10.9. The van der Waals surface area contributed by atoms with E-state index < -0.39 is 0 Å². The van der Waals surface area contributed by atoms with Crippen LogP contribution in [0.25, 0.3) is 6.08 Å². The summed E-state index contributed by atoms with van der Waals surface area (Å²) in [5.41, 5.74) is 3.57. The fourth-order valence-electron chi connectivity index (χ4n) is 3.23. The summed E-state index contributed by atoms with van der Waals surface area (Å²) in [4.78, 5) is 12.2. The van der Waals surface area contributed by atoms with E-state index in [1.54, 1.807) is 0 Å². The first-order valence-electron chi connectivity index (χ1n) is 6.63. The maximum Gasteiger partial charge on any atom is 0.313 e. The van der Waals surface area contributed by atoms with Crippen molar-refractivity contribution in [2.24, 2.45) is 5.41 Å². The molecule has 0 heterocycles. The van der Waals surface area contributed by atoms with Crippen LogP contribution >= 0.6 is 0 Å². The SMILES string of the molecule is CCOC(=O)C1(C2C(C)=Cc3ccccc32)CC1. The van der Waals surface area contributed by atoms with Crippen LogP contribution in [0, 0.1) is 5.41 Å². The first kappa shape index (κ1) is 11.5. The summed E-state index contributed by atoms with van der Waals surface area (Å²) in [5.74, 6) is 0.215. The van der Waals surface area contributed by atoms with Gasteiger partial charge in [0.05, 0.1) is 12.0 Å². The number of hydrogen-bond acceptors (Lipinski definition) is 2. The lowest BCUT2D eigenvalue weighted by atomic mass is 9.81. The zero-order valence-corrected chi connectivity index (χ0v) is 10.9. The van der Waals surface area contributed by atoms with Crippen molar-refractivity contribution in [3.05, 3.63) is 41.0 Å². The summed E-state index contributed by atoms with van der Waals surface area (Å²) in [6.07, 6.45) is 4.12. The molecule has 2 aliphatic carbocycles. The van der Waals surface area contributed by atoms with Crippen LogP contribution in [-0.2, 0) is 9.53 Å². The molecule has 18 heavy (non-hydrogen) atoms. The van der Waals surface area contributed by atoms with Crippen LogP contribution in [0.4, 0.5) is 0 Å². The molecule has 94 valence electrons. The van der Waals surface area contributed by atoms with Gasteiger partial charge in [-0.3, -0.25) is 4.79 Å². The van der Waals surface area contributed by atoms with Gasteiger partial charge < -0.3 is 4.74 Å². The third kappa shape index (κ3) is 1.52. The molecule has 2 aliphatic rings.